The minimum atomic E-state index is 0. The number of hydrogen-bond donors (Lipinski definition) is 2. The zero-order valence-electron chi connectivity index (χ0n) is 16.3. The van der Waals surface area contributed by atoms with Crippen molar-refractivity contribution in [1.29, 1.82) is 0 Å². The molecule has 5 nitrogen and oxygen atoms in total. The Hall–Kier alpha value is -1.31. The number of benzene rings is 1. The Balaban J connectivity index is 0.00000338. The molecule has 1 aromatic carbocycles. The van der Waals surface area contributed by atoms with Crippen molar-refractivity contribution in [3.63, 3.8) is 0 Å². The third kappa shape index (κ3) is 7.51. The lowest BCUT2D eigenvalue weighted by atomic mass is 9.96. The third-order valence-corrected chi connectivity index (χ3v) is 4.76. The van der Waals surface area contributed by atoms with Crippen LogP contribution in [0.5, 0.6) is 0 Å². The molecule has 0 bridgehead atoms. The second kappa shape index (κ2) is 12.1. The quantitative estimate of drug-likeness (QED) is 0.380. The molecule has 0 radical (unpaired) electrons. The molecule has 0 saturated heterocycles. The number of carbonyl (C=O) groups excluding carboxylic acids is 1. The van der Waals surface area contributed by atoms with Gasteiger partial charge in [0.05, 0.1) is 13.1 Å². The summed E-state index contributed by atoms with van der Waals surface area (Å²) in [5.41, 5.74) is 2.57. The summed E-state index contributed by atoms with van der Waals surface area (Å²) in [7, 11) is 3.54. The van der Waals surface area contributed by atoms with Gasteiger partial charge in [0.25, 0.3) is 0 Å². The van der Waals surface area contributed by atoms with E-state index in [0.29, 0.717) is 12.6 Å². The lowest BCUT2D eigenvalue weighted by Crippen LogP contribution is -2.47. The van der Waals surface area contributed by atoms with E-state index in [4.69, 9.17) is 4.99 Å². The maximum atomic E-state index is 11.9. The number of guanidine groups is 1. The molecule has 0 aromatic heterocycles. The van der Waals surface area contributed by atoms with Crippen molar-refractivity contribution in [2.45, 2.75) is 58.0 Å². The van der Waals surface area contributed by atoms with E-state index in [9.17, 15) is 4.79 Å². The molecule has 0 atom stereocenters. The van der Waals surface area contributed by atoms with Gasteiger partial charge in [-0.15, -0.1) is 24.0 Å². The lowest BCUT2D eigenvalue weighted by molar-refractivity contribution is -0.127. The van der Waals surface area contributed by atoms with Crippen LogP contribution in [-0.2, 0) is 17.8 Å². The number of carbonyl (C=O) groups is 1. The summed E-state index contributed by atoms with van der Waals surface area (Å²) in [4.78, 5) is 18.2. The fourth-order valence-electron chi connectivity index (χ4n) is 3.13. The van der Waals surface area contributed by atoms with E-state index in [1.807, 2.05) is 0 Å². The smallest absolute Gasteiger partial charge is 0.241 e. The number of halogens is 1. The number of aliphatic imine (C=N–C) groups is 1. The van der Waals surface area contributed by atoms with Crippen LogP contribution in [0.15, 0.2) is 29.3 Å². The summed E-state index contributed by atoms with van der Waals surface area (Å²) in [5, 5.41) is 6.73. The van der Waals surface area contributed by atoms with Gasteiger partial charge in [0.2, 0.25) is 5.91 Å². The van der Waals surface area contributed by atoms with E-state index in [2.05, 4.69) is 41.8 Å². The highest BCUT2D eigenvalue weighted by atomic mass is 127. The molecular weight excluding hydrogens is 439 g/mol. The Bertz CT molecular complexity index is 583. The molecule has 0 heterocycles. The fourth-order valence-corrected chi connectivity index (χ4v) is 3.13. The zero-order valence-corrected chi connectivity index (χ0v) is 18.6. The highest BCUT2D eigenvalue weighted by molar-refractivity contribution is 14.0. The molecule has 1 saturated carbocycles. The molecule has 1 amide bonds. The lowest BCUT2D eigenvalue weighted by Gasteiger charge is -2.25. The predicted octanol–water partition coefficient (Wildman–Crippen LogP) is 3.32. The van der Waals surface area contributed by atoms with Crippen LogP contribution in [0.4, 0.5) is 0 Å². The van der Waals surface area contributed by atoms with Crippen molar-refractivity contribution in [1.82, 2.24) is 15.5 Å². The van der Waals surface area contributed by atoms with Gasteiger partial charge < -0.3 is 15.5 Å². The standard InChI is InChI=1S/C20H32N4O.HI/c1-4-16-10-8-9-11-17(16)14-21-20(22-15-19(25)24(2)3)23-18-12-6-5-7-13-18;/h8-11,18H,4-7,12-15H2,1-3H3,(H2,21,22,23);1H. The van der Waals surface area contributed by atoms with E-state index < -0.39 is 0 Å². The maximum Gasteiger partial charge on any atom is 0.241 e. The molecule has 2 N–H and O–H groups in total. The number of likely N-dealkylation sites (N-methyl/N-ethyl adjacent to an activating group) is 1. The van der Waals surface area contributed by atoms with Crippen molar-refractivity contribution in [3.05, 3.63) is 35.4 Å². The highest BCUT2D eigenvalue weighted by Crippen LogP contribution is 2.17. The zero-order chi connectivity index (χ0) is 18.1. The van der Waals surface area contributed by atoms with Crippen LogP contribution in [-0.4, -0.2) is 43.4 Å². The van der Waals surface area contributed by atoms with Gasteiger partial charge in [0.15, 0.2) is 5.96 Å². The first-order valence-electron chi connectivity index (χ1n) is 9.42. The van der Waals surface area contributed by atoms with Gasteiger partial charge in [-0.3, -0.25) is 4.79 Å². The maximum absolute atomic E-state index is 11.9. The highest BCUT2D eigenvalue weighted by Gasteiger charge is 2.15. The van der Waals surface area contributed by atoms with Gasteiger partial charge in [-0.25, -0.2) is 4.99 Å². The van der Waals surface area contributed by atoms with Crippen LogP contribution >= 0.6 is 24.0 Å². The minimum Gasteiger partial charge on any atom is -0.354 e. The first kappa shape index (κ1) is 22.7. The van der Waals surface area contributed by atoms with Gasteiger partial charge in [-0.05, 0) is 30.4 Å². The van der Waals surface area contributed by atoms with Crippen LogP contribution in [0.25, 0.3) is 0 Å². The van der Waals surface area contributed by atoms with Crippen LogP contribution in [0.2, 0.25) is 0 Å². The fraction of sp³-hybridized carbons (Fsp3) is 0.600. The van der Waals surface area contributed by atoms with E-state index >= 15 is 0 Å². The summed E-state index contributed by atoms with van der Waals surface area (Å²) >= 11 is 0. The topological polar surface area (TPSA) is 56.7 Å². The Morgan fingerprint density at radius 1 is 1.15 bits per heavy atom. The minimum absolute atomic E-state index is 0. The Morgan fingerprint density at radius 2 is 1.81 bits per heavy atom. The normalized spacial score (nSPS) is 15.1. The van der Waals surface area contributed by atoms with Gasteiger partial charge in [-0.2, -0.15) is 0 Å². The van der Waals surface area contributed by atoms with Gasteiger partial charge in [-0.1, -0.05) is 50.5 Å². The van der Waals surface area contributed by atoms with Gasteiger partial charge >= 0.3 is 0 Å². The van der Waals surface area contributed by atoms with Crippen molar-refractivity contribution < 1.29 is 4.79 Å². The molecule has 2 rings (SSSR count). The number of rotatable bonds is 6. The summed E-state index contributed by atoms with van der Waals surface area (Å²) in [6.45, 7) is 3.06. The molecule has 0 spiro atoms. The number of nitrogens with one attached hydrogen (secondary N) is 2. The number of amides is 1. The molecule has 26 heavy (non-hydrogen) atoms. The summed E-state index contributed by atoms with van der Waals surface area (Å²) in [6, 6.07) is 8.87. The molecule has 1 aromatic rings. The van der Waals surface area contributed by atoms with Crippen molar-refractivity contribution in [3.8, 4) is 0 Å². The first-order chi connectivity index (χ1) is 12.1. The van der Waals surface area contributed by atoms with E-state index in [0.717, 1.165) is 12.4 Å². The molecular formula is C20H33IN4O. The average Bonchev–Trinajstić information content (AvgIpc) is 2.64. The molecule has 0 aliphatic heterocycles. The summed E-state index contributed by atoms with van der Waals surface area (Å²) in [5.74, 6) is 0.792. The Kier molecular flexibility index (Phi) is 10.6. The van der Waals surface area contributed by atoms with Gasteiger partial charge in [0, 0.05) is 20.1 Å². The molecule has 1 aliphatic rings. The van der Waals surface area contributed by atoms with Crippen LogP contribution in [0.1, 0.15) is 50.2 Å². The molecule has 146 valence electrons. The van der Waals surface area contributed by atoms with Crippen LogP contribution in [0.3, 0.4) is 0 Å². The van der Waals surface area contributed by atoms with E-state index in [-0.39, 0.29) is 36.4 Å². The van der Waals surface area contributed by atoms with E-state index in [1.54, 1.807) is 19.0 Å². The SMILES string of the molecule is CCc1ccccc1CN=C(NCC(=O)N(C)C)NC1CCCCC1.I. The first-order valence-corrected chi connectivity index (χ1v) is 9.42. The van der Waals surface area contributed by atoms with Gasteiger partial charge in [0.1, 0.15) is 0 Å². The third-order valence-electron chi connectivity index (χ3n) is 4.76. The summed E-state index contributed by atoms with van der Waals surface area (Å²) < 4.78 is 0. The Labute approximate surface area is 175 Å². The Morgan fingerprint density at radius 3 is 2.42 bits per heavy atom. The van der Waals surface area contributed by atoms with Crippen molar-refractivity contribution in [2.24, 2.45) is 4.99 Å². The molecule has 0 unspecified atom stereocenters. The summed E-state index contributed by atoms with van der Waals surface area (Å²) in [6.07, 6.45) is 7.20. The predicted molar refractivity (Wildman–Crippen MR) is 119 cm³/mol. The second-order valence-electron chi connectivity index (χ2n) is 6.91. The largest absolute Gasteiger partial charge is 0.354 e. The van der Waals surface area contributed by atoms with E-state index in [1.165, 1.54) is 43.2 Å². The number of nitrogens with zero attached hydrogens (tertiary/aromatic N) is 2. The van der Waals surface area contributed by atoms with Crippen LogP contribution < -0.4 is 10.6 Å². The number of hydrogen-bond acceptors (Lipinski definition) is 2. The molecule has 6 heteroatoms. The van der Waals surface area contributed by atoms with Crippen molar-refractivity contribution in [2.75, 3.05) is 20.6 Å². The second-order valence-corrected chi connectivity index (χ2v) is 6.91. The molecule has 1 aliphatic carbocycles. The monoisotopic (exact) mass is 472 g/mol. The van der Waals surface area contributed by atoms with Crippen molar-refractivity contribution >= 4 is 35.8 Å². The number of aryl methyl sites for hydroxylation is 1. The molecule has 1 fully saturated rings. The average molecular weight is 472 g/mol. The van der Waals surface area contributed by atoms with Crippen LogP contribution in [0, 0.1) is 0 Å².